The van der Waals surface area contributed by atoms with Gasteiger partial charge in [0.2, 0.25) is 6.41 Å². The van der Waals surface area contributed by atoms with Gasteiger partial charge in [-0.25, -0.2) is 0 Å². The van der Waals surface area contributed by atoms with Crippen LogP contribution in [0.4, 0.5) is 0 Å². The molecule has 2 N–H and O–H groups in total. The van der Waals surface area contributed by atoms with Crippen LogP contribution in [-0.2, 0) is 9.59 Å². The molecule has 126 valence electrons. The van der Waals surface area contributed by atoms with Crippen LogP contribution in [-0.4, -0.2) is 58.1 Å². The number of rotatable bonds is 2. The highest BCUT2D eigenvalue weighted by molar-refractivity contribution is 9.11. The maximum Gasteiger partial charge on any atom is 0.270 e. The maximum absolute atomic E-state index is 12.5. The number of aliphatic hydroxyl groups excluding tert-OH is 1. The molecule has 3 rings (SSSR count). The Morgan fingerprint density at radius 2 is 2.13 bits per heavy atom. The zero-order chi connectivity index (χ0) is 16.9. The molecule has 3 saturated heterocycles. The smallest absolute Gasteiger partial charge is 0.270 e. The molecule has 0 radical (unpaired) electrons. The number of hydrogen-bond acceptors (Lipinski definition) is 4. The highest BCUT2D eigenvalue weighted by Gasteiger charge is 2.58. The maximum atomic E-state index is 12.5. The molecule has 3 aliphatic rings. The van der Waals surface area contributed by atoms with Gasteiger partial charge in [0.15, 0.2) is 0 Å². The van der Waals surface area contributed by atoms with Gasteiger partial charge in [0.1, 0.15) is 11.4 Å². The Labute approximate surface area is 144 Å². The van der Waals surface area contributed by atoms with Crippen molar-refractivity contribution in [3.63, 3.8) is 0 Å². The molecule has 2 bridgehead atoms. The van der Waals surface area contributed by atoms with Crippen molar-refractivity contribution in [2.75, 3.05) is 7.05 Å². The van der Waals surface area contributed by atoms with Gasteiger partial charge in [0, 0.05) is 24.9 Å². The number of hydrogen-bond donors (Lipinski definition) is 2. The Bertz CT molecular complexity index is 614. The molecule has 6 nitrogen and oxygen atoms in total. The van der Waals surface area contributed by atoms with Gasteiger partial charge in [0.05, 0.1) is 6.10 Å². The first-order chi connectivity index (χ1) is 10.8. The first-order valence-corrected chi connectivity index (χ1v) is 8.60. The Kier molecular flexibility index (Phi) is 4.14. The fraction of sp³-hybridized carbons (Fsp3) is 0.625. The van der Waals surface area contributed by atoms with Crippen molar-refractivity contribution in [2.45, 2.75) is 57.0 Å². The minimum absolute atomic E-state index is 0.0374. The largest absolute Gasteiger partial charge is 0.391 e. The number of aliphatic hydroxyl groups is 1. The van der Waals surface area contributed by atoms with Gasteiger partial charge in [-0.2, -0.15) is 0 Å². The molecular weight excluding hydrogens is 362 g/mol. The van der Waals surface area contributed by atoms with Crippen molar-refractivity contribution >= 4 is 28.2 Å². The monoisotopic (exact) mass is 383 g/mol. The van der Waals surface area contributed by atoms with E-state index >= 15 is 0 Å². The van der Waals surface area contributed by atoms with Gasteiger partial charge in [0.25, 0.3) is 5.91 Å². The number of allylic oxidation sites excluding steroid dienone is 3. The lowest BCUT2D eigenvalue weighted by Crippen LogP contribution is -2.61. The van der Waals surface area contributed by atoms with E-state index in [4.69, 9.17) is 0 Å². The fourth-order valence-corrected chi connectivity index (χ4v) is 4.66. The molecule has 3 aliphatic heterocycles. The molecule has 3 heterocycles. The van der Waals surface area contributed by atoms with Gasteiger partial charge in [-0.1, -0.05) is 15.9 Å². The van der Waals surface area contributed by atoms with E-state index < -0.39 is 11.8 Å². The van der Waals surface area contributed by atoms with Crippen LogP contribution in [0.25, 0.3) is 0 Å². The SMILES string of the molecule is CC(/C=C(\C)Br)=C1\C(=O)NC2(CC3CC(O)C(C2)N3C)N1C=O. The van der Waals surface area contributed by atoms with E-state index in [-0.39, 0.29) is 18.0 Å². The molecule has 23 heavy (non-hydrogen) atoms. The van der Waals surface area contributed by atoms with Crippen molar-refractivity contribution in [2.24, 2.45) is 0 Å². The van der Waals surface area contributed by atoms with E-state index in [0.29, 0.717) is 25.0 Å². The van der Waals surface area contributed by atoms with Crippen LogP contribution in [0.1, 0.15) is 33.1 Å². The Hall–Kier alpha value is -1.18. The third-order valence-electron chi connectivity index (χ3n) is 5.33. The molecule has 7 heteroatoms. The first-order valence-electron chi connectivity index (χ1n) is 7.81. The summed E-state index contributed by atoms with van der Waals surface area (Å²) in [5.41, 5.74) is 0.424. The summed E-state index contributed by atoms with van der Waals surface area (Å²) >= 11 is 3.36. The number of carbonyl (C=O) groups is 2. The van der Waals surface area contributed by atoms with Crippen LogP contribution in [0.5, 0.6) is 0 Å². The van der Waals surface area contributed by atoms with Crippen LogP contribution < -0.4 is 5.32 Å². The van der Waals surface area contributed by atoms with Gasteiger partial charge >= 0.3 is 0 Å². The molecule has 1 spiro atoms. The first kappa shape index (κ1) is 16.7. The minimum atomic E-state index is -0.719. The van der Waals surface area contributed by atoms with E-state index in [1.54, 1.807) is 4.90 Å². The molecule has 0 aromatic rings. The second kappa shape index (κ2) is 5.72. The number of amides is 2. The number of carbonyl (C=O) groups excluding carboxylic acids is 2. The predicted molar refractivity (Wildman–Crippen MR) is 89.4 cm³/mol. The molecule has 0 aromatic carbocycles. The molecule has 0 saturated carbocycles. The van der Waals surface area contributed by atoms with Gasteiger partial charge in [-0.05, 0) is 43.4 Å². The van der Waals surface area contributed by atoms with Crippen LogP contribution in [0.2, 0.25) is 0 Å². The quantitative estimate of drug-likeness (QED) is 0.552. The van der Waals surface area contributed by atoms with Crippen LogP contribution in [0, 0.1) is 0 Å². The molecule has 0 aromatic heterocycles. The van der Waals surface area contributed by atoms with E-state index in [0.717, 1.165) is 16.5 Å². The zero-order valence-corrected chi connectivity index (χ0v) is 15.1. The molecule has 2 amide bonds. The summed E-state index contributed by atoms with van der Waals surface area (Å²) in [5, 5.41) is 13.3. The lowest BCUT2D eigenvalue weighted by atomic mass is 9.90. The highest BCUT2D eigenvalue weighted by atomic mass is 79.9. The van der Waals surface area contributed by atoms with Crippen molar-refractivity contribution in [3.05, 3.63) is 21.8 Å². The topological polar surface area (TPSA) is 72.9 Å². The minimum Gasteiger partial charge on any atom is -0.391 e. The zero-order valence-electron chi connectivity index (χ0n) is 13.5. The van der Waals surface area contributed by atoms with Gasteiger partial charge in [-0.15, -0.1) is 0 Å². The number of halogens is 1. The van der Waals surface area contributed by atoms with Crippen molar-refractivity contribution in [3.8, 4) is 0 Å². The lowest BCUT2D eigenvalue weighted by molar-refractivity contribution is -0.123. The summed E-state index contributed by atoms with van der Waals surface area (Å²) in [6.45, 7) is 3.71. The third-order valence-corrected chi connectivity index (χ3v) is 5.56. The molecule has 3 fully saturated rings. The number of fused-ring (bicyclic) bond motifs is 2. The Morgan fingerprint density at radius 1 is 1.43 bits per heavy atom. The average molecular weight is 384 g/mol. The average Bonchev–Trinajstić information content (AvgIpc) is 2.79. The van der Waals surface area contributed by atoms with Crippen molar-refractivity contribution < 1.29 is 14.7 Å². The molecule has 0 aliphatic carbocycles. The Balaban J connectivity index is 2.01. The van der Waals surface area contributed by atoms with Crippen LogP contribution in [0.3, 0.4) is 0 Å². The lowest BCUT2D eigenvalue weighted by Gasteiger charge is -2.46. The van der Waals surface area contributed by atoms with E-state index in [1.165, 1.54) is 0 Å². The summed E-state index contributed by atoms with van der Waals surface area (Å²) in [7, 11) is 2.00. The molecular formula is C16H22BrN3O3. The van der Waals surface area contributed by atoms with Crippen molar-refractivity contribution in [1.82, 2.24) is 15.1 Å². The van der Waals surface area contributed by atoms with Gasteiger partial charge in [-0.3, -0.25) is 19.4 Å². The number of likely N-dealkylation sites (N-methyl/N-ethyl adjacent to an activating group) is 1. The molecule has 4 atom stereocenters. The second-order valence-electron chi connectivity index (χ2n) is 6.82. The van der Waals surface area contributed by atoms with Crippen LogP contribution in [0.15, 0.2) is 21.8 Å². The van der Waals surface area contributed by atoms with E-state index in [9.17, 15) is 14.7 Å². The van der Waals surface area contributed by atoms with Gasteiger partial charge < -0.3 is 10.4 Å². The van der Waals surface area contributed by atoms with E-state index in [2.05, 4.69) is 26.1 Å². The standard InChI is InChI=1S/C16H22BrN3O3/c1-9(4-10(2)17)14-15(23)18-16(20(14)8-21)6-11-5-13(22)12(7-16)19(11)3/h4,8,11-13,22H,5-7H2,1-3H3,(H,18,23)/b10-4+,14-9-. The summed E-state index contributed by atoms with van der Waals surface area (Å²) in [6, 6.07) is 0.129. The predicted octanol–water partition coefficient (Wildman–Crippen LogP) is 1.07. The molecule has 4 unspecified atom stereocenters. The summed E-state index contributed by atoms with van der Waals surface area (Å²) in [4.78, 5) is 28.1. The summed E-state index contributed by atoms with van der Waals surface area (Å²) < 4.78 is 0.890. The third kappa shape index (κ3) is 2.55. The number of nitrogens with one attached hydrogen (secondary N) is 1. The second-order valence-corrected chi connectivity index (χ2v) is 8.07. The number of nitrogens with zero attached hydrogens (tertiary/aromatic N) is 2. The number of piperidine rings is 1. The normalized spacial score (nSPS) is 39.9. The summed E-state index contributed by atoms with van der Waals surface area (Å²) in [5.74, 6) is -0.224. The van der Waals surface area contributed by atoms with Crippen LogP contribution >= 0.6 is 15.9 Å². The highest BCUT2D eigenvalue weighted by Crippen LogP contribution is 2.45. The fourth-order valence-electron chi connectivity index (χ4n) is 4.31. The van der Waals surface area contributed by atoms with E-state index in [1.807, 2.05) is 27.0 Å². The summed E-state index contributed by atoms with van der Waals surface area (Å²) in [6.07, 6.45) is 4.03. The Morgan fingerprint density at radius 3 is 2.70 bits per heavy atom. The van der Waals surface area contributed by atoms with Crippen molar-refractivity contribution in [1.29, 1.82) is 0 Å².